The van der Waals surface area contributed by atoms with Crippen LogP contribution in [0.1, 0.15) is 67.7 Å². The van der Waals surface area contributed by atoms with Crippen LogP contribution in [0.25, 0.3) is 65.3 Å². The van der Waals surface area contributed by atoms with Gasteiger partial charge in [0.05, 0.1) is 0 Å². The van der Waals surface area contributed by atoms with Crippen molar-refractivity contribution in [1.29, 1.82) is 0 Å². The van der Waals surface area contributed by atoms with Gasteiger partial charge in [-0.15, -0.1) is 0 Å². The Hall–Kier alpha value is -6.25. The van der Waals surface area contributed by atoms with Crippen molar-refractivity contribution in [2.75, 3.05) is 0 Å². The molecule has 3 heteroatoms. The summed E-state index contributed by atoms with van der Waals surface area (Å²) in [6.45, 7) is 2.51. The Balaban J connectivity index is 0.000000184. The summed E-state index contributed by atoms with van der Waals surface area (Å²) in [6, 6.07) is 87.7. The number of fused-ring (bicyclic) bond motifs is 14. The van der Waals surface area contributed by atoms with Crippen LogP contribution in [0.5, 0.6) is 0 Å². The Labute approximate surface area is 453 Å². The Kier molecular flexibility index (Phi) is 13.3. The van der Waals surface area contributed by atoms with Gasteiger partial charge in [-0.05, 0) is 184 Å². The highest BCUT2D eigenvalue weighted by molar-refractivity contribution is 7.73. The average molecular weight is 1040 g/mol. The molecule has 2 saturated carbocycles. The van der Waals surface area contributed by atoms with Crippen LogP contribution < -0.4 is 21.2 Å². The highest BCUT2D eigenvalue weighted by Gasteiger charge is 2.42. The van der Waals surface area contributed by atoms with Gasteiger partial charge in [0.25, 0.3) is 0 Å². The molecule has 76 heavy (non-hydrogen) atoms. The first kappa shape index (κ1) is 48.1. The molecule has 11 aromatic rings. The first-order valence-electron chi connectivity index (χ1n) is 28.1. The maximum Gasteiger partial charge on any atom is -0.00232 e. The van der Waals surface area contributed by atoms with Crippen molar-refractivity contribution >= 4 is 88.1 Å². The molecule has 2 aliphatic heterocycles. The molecule has 0 bridgehead atoms. The van der Waals surface area contributed by atoms with Gasteiger partial charge in [0, 0.05) is 0 Å². The molecule has 4 atom stereocenters. The highest BCUT2D eigenvalue weighted by atomic mass is 31.1. The molecular formula is C73H65P3. The molecule has 2 fully saturated rings. The molecule has 0 radical (unpaired) electrons. The summed E-state index contributed by atoms with van der Waals surface area (Å²) < 4.78 is 0. The topological polar surface area (TPSA) is 0 Å². The maximum atomic E-state index is 2.51. The van der Waals surface area contributed by atoms with E-state index in [4.69, 9.17) is 0 Å². The molecule has 0 nitrogen and oxygen atoms in total. The van der Waals surface area contributed by atoms with Crippen LogP contribution in [-0.2, 0) is 24.6 Å². The van der Waals surface area contributed by atoms with Crippen LogP contribution >= 0.6 is 23.8 Å². The van der Waals surface area contributed by atoms with Crippen molar-refractivity contribution in [3.63, 3.8) is 0 Å². The molecule has 372 valence electrons. The zero-order valence-electron chi connectivity index (χ0n) is 43.7. The van der Waals surface area contributed by atoms with E-state index in [-0.39, 0.29) is 7.92 Å². The van der Waals surface area contributed by atoms with E-state index < -0.39 is 15.8 Å². The quantitative estimate of drug-likeness (QED) is 0.146. The lowest BCUT2D eigenvalue weighted by molar-refractivity contribution is 0.284. The summed E-state index contributed by atoms with van der Waals surface area (Å²) in [5, 5.41) is 17.2. The maximum absolute atomic E-state index is 2.51. The molecule has 0 saturated heterocycles. The Morgan fingerprint density at radius 3 is 1.01 bits per heavy atom. The summed E-state index contributed by atoms with van der Waals surface area (Å²) in [6.07, 6.45) is 13.1. The van der Waals surface area contributed by atoms with E-state index in [1.54, 1.807) is 21.2 Å². The largest absolute Gasteiger partial charge is 0.0656 e. The monoisotopic (exact) mass is 1030 g/mol. The second-order valence-electron chi connectivity index (χ2n) is 22.3. The predicted octanol–water partition coefficient (Wildman–Crippen LogP) is 19.0. The summed E-state index contributed by atoms with van der Waals surface area (Å²) in [5.74, 6) is 2.88. The lowest BCUT2D eigenvalue weighted by Gasteiger charge is -2.35. The van der Waals surface area contributed by atoms with Gasteiger partial charge in [0.1, 0.15) is 0 Å². The Morgan fingerprint density at radius 2 is 0.645 bits per heavy atom. The molecule has 2 unspecified atom stereocenters. The fourth-order valence-corrected chi connectivity index (χ4v) is 23.6. The van der Waals surface area contributed by atoms with Crippen molar-refractivity contribution in [2.45, 2.75) is 75.8 Å². The molecule has 0 N–H and O–H groups in total. The van der Waals surface area contributed by atoms with Crippen molar-refractivity contribution < 1.29 is 0 Å². The molecule has 2 heterocycles. The van der Waals surface area contributed by atoms with Crippen molar-refractivity contribution in [2.24, 2.45) is 17.8 Å². The number of rotatable bonds is 6. The SMILES string of the molecule is C[C@@H]1CCCC1C1CCC[C@H]1P(c1ccccc1)c1ccccc1.c1ccc(P2Cc3ccc4ccccc4c3-c3c(ccc4ccccc34)C2)c(P2Cc3ccc4ccccc4c3-c3c(ccc4ccccc34)C2)c1. The summed E-state index contributed by atoms with van der Waals surface area (Å²) in [5.41, 5.74) is 12.7. The smallest absolute Gasteiger partial charge is 0.00232 e. The average Bonchev–Trinajstić information content (AvgIpc) is 4.07. The van der Waals surface area contributed by atoms with E-state index in [1.165, 1.54) is 126 Å². The van der Waals surface area contributed by atoms with Crippen LogP contribution in [0.3, 0.4) is 0 Å². The Bertz CT molecular complexity index is 3510. The van der Waals surface area contributed by atoms with E-state index in [1.807, 2.05) is 0 Å². The highest BCUT2D eigenvalue weighted by Crippen LogP contribution is 2.58. The zero-order valence-corrected chi connectivity index (χ0v) is 46.3. The zero-order chi connectivity index (χ0) is 50.5. The lowest BCUT2D eigenvalue weighted by atomic mass is 9.83. The Morgan fingerprint density at radius 1 is 0.316 bits per heavy atom. The van der Waals surface area contributed by atoms with Gasteiger partial charge < -0.3 is 0 Å². The molecule has 0 aromatic heterocycles. The number of benzene rings is 11. The van der Waals surface area contributed by atoms with E-state index in [9.17, 15) is 0 Å². The predicted molar refractivity (Wildman–Crippen MR) is 335 cm³/mol. The van der Waals surface area contributed by atoms with E-state index in [2.05, 4.69) is 237 Å². The summed E-state index contributed by atoms with van der Waals surface area (Å²) >= 11 is 0. The van der Waals surface area contributed by atoms with Crippen LogP contribution in [0, 0.1) is 17.8 Å². The third kappa shape index (κ3) is 8.84. The fraction of sp³-hybridized carbons (Fsp3) is 0.205. The molecule has 15 rings (SSSR count). The molecule has 0 spiro atoms. The second kappa shape index (κ2) is 20.9. The first-order valence-corrected chi connectivity index (χ1v) is 33.0. The lowest BCUT2D eigenvalue weighted by Crippen LogP contribution is -2.29. The van der Waals surface area contributed by atoms with Gasteiger partial charge in [-0.2, -0.15) is 0 Å². The molecular weight excluding hydrogens is 970 g/mol. The number of hydrogen-bond donors (Lipinski definition) is 0. The van der Waals surface area contributed by atoms with Gasteiger partial charge in [-0.1, -0.05) is 273 Å². The summed E-state index contributed by atoms with van der Waals surface area (Å²) in [4.78, 5) is 0. The fourth-order valence-electron chi connectivity index (χ4n) is 14.6. The van der Waals surface area contributed by atoms with E-state index in [0.29, 0.717) is 0 Å². The summed E-state index contributed by atoms with van der Waals surface area (Å²) in [7, 11) is -1.24. The first-order chi connectivity index (χ1) is 37.6. The van der Waals surface area contributed by atoms with Crippen LogP contribution in [0.2, 0.25) is 0 Å². The minimum Gasteiger partial charge on any atom is -0.0656 e. The van der Waals surface area contributed by atoms with Crippen LogP contribution in [-0.4, -0.2) is 5.66 Å². The normalized spacial score (nSPS) is 19.4. The van der Waals surface area contributed by atoms with Gasteiger partial charge in [-0.25, -0.2) is 0 Å². The minimum absolute atomic E-state index is 0.226. The van der Waals surface area contributed by atoms with Crippen molar-refractivity contribution in [3.05, 3.63) is 253 Å². The third-order valence-electron chi connectivity index (χ3n) is 18.0. The molecule has 2 aliphatic carbocycles. The van der Waals surface area contributed by atoms with Gasteiger partial charge in [-0.3, -0.25) is 0 Å². The molecule has 0 amide bonds. The minimum atomic E-state index is -0.507. The van der Waals surface area contributed by atoms with Crippen LogP contribution in [0.15, 0.2) is 231 Å². The van der Waals surface area contributed by atoms with Crippen molar-refractivity contribution in [1.82, 2.24) is 0 Å². The van der Waals surface area contributed by atoms with Crippen LogP contribution in [0.4, 0.5) is 0 Å². The van der Waals surface area contributed by atoms with E-state index in [0.717, 1.165) is 48.1 Å². The molecule has 11 aromatic carbocycles. The standard InChI is InChI=1S/C50H36P2.C23H29P/c1-5-15-41-33(11-1)21-25-37-29-51(30-38-26-22-34-12-2-6-16-42(34)48(38)47(37)41)45-19-9-10-20-46(45)52-31-39-27-23-35-13-3-7-17-43(35)49(39)50-40(32-52)28-24-36-14-4-8-18-44(36)50;1-18-10-8-15-21(18)22-16-9-17-23(22)24(19-11-4-2-5-12-19)20-13-6-3-7-14-20/h1-28H,29-32H2;2-7,11-14,18,21-23H,8-10,15-17H2,1H3/t;18-,21?,22?,23-/m.1/s1. The van der Waals surface area contributed by atoms with Crippen molar-refractivity contribution in [3.8, 4) is 22.3 Å². The van der Waals surface area contributed by atoms with Gasteiger partial charge >= 0.3 is 0 Å². The van der Waals surface area contributed by atoms with Gasteiger partial charge in [0.2, 0.25) is 0 Å². The van der Waals surface area contributed by atoms with E-state index >= 15 is 0 Å². The second-order valence-corrected chi connectivity index (χ2v) is 29.1. The number of hydrogen-bond acceptors (Lipinski definition) is 0. The third-order valence-corrected chi connectivity index (χ3v) is 26.2. The molecule has 4 aliphatic rings. The van der Waals surface area contributed by atoms with Gasteiger partial charge in [0.15, 0.2) is 0 Å².